The molecule has 0 aliphatic rings. The van der Waals surface area contributed by atoms with Crippen molar-refractivity contribution in [2.24, 2.45) is 0 Å². The molecule has 1 N–H and O–H groups in total. The van der Waals surface area contributed by atoms with Gasteiger partial charge in [0.25, 0.3) is 5.91 Å². The molecule has 0 aliphatic carbocycles. The standard InChI is InChI=1S/C10H17N3O3S/c1-4-15-5-6-16-7(2)9(14)11-10-13-12-8(3)17-10/h7H,4-6H2,1-3H3,(H,11,13,14). The largest absolute Gasteiger partial charge is 0.379 e. The van der Waals surface area contributed by atoms with Crippen molar-refractivity contribution in [1.82, 2.24) is 10.2 Å². The molecule has 1 atom stereocenters. The molecule has 6 nitrogen and oxygen atoms in total. The Morgan fingerprint density at radius 3 is 2.82 bits per heavy atom. The zero-order chi connectivity index (χ0) is 12.7. The Balaban J connectivity index is 2.27. The number of aromatic nitrogens is 2. The first kappa shape index (κ1) is 14.0. The Morgan fingerprint density at radius 2 is 2.24 bits per heavy atom. The summed E-state index contributed by atoms with van der Waals surface area (Å²) in [7, 11) is 0. The normalized spacial score (nSPS) is 12.4. The lowest BCUT2D eigenvalue weighted by Gasteiger charge is -2.11. The Morgan fingerprint density at radius 1 is 1.47 bits per heavy atom. The van der Waals surface area contributed by atoms with Crippen LogP contribution in [0, 0.1) is 6.92 Å². The number of nitrogens with one attached hydrogen (secondary N) is 1. The number of anilines is 1. The average molecular weight is 259 g/mol. The lowest BCUT2D eigenvalue weighted by atomic mass is 10.4. The highest BCUT2D eigenvalue weighted by Crippen LogP contribution is 2.13. The zero-order valence-corrected chi connectivity index (χ0v) is 11.0. The van der Waals surface area contributed by atoms with Crippen molar-refractivity contribution in [2.75, 3.05) is 25.1 Å². The average Bonchev–Trinajstić information content (AvgIpc) is 2.70. The second kappa shape index (κ2) is 7.31. The van der Waals surface area contributed by atoms with Gasteiger partial charge in [-0.2, -0.15) is 0 Å². The van der Waals surface area contributed by atoms with Crippen LogP contribution in [0.3, 0.4) is 0 Å². The predicted molar refractivity (Wildman–Crippen MR) is 65.2 cm³/mol. The predicted octanol–water partition coefficient (Wildman–Crippen LogP) is 1.23. The summed E-state index contributed by atoms with van der Waals surface area (Å²) in [6, 6.07) is 0. The summed E-state index contributed by atoms with van der Waals surface area (Å²) in [6.45, 7) is 6.97. The minimum Gasteiger partial charge on any atom is -0.379 e. The molecular formula is C10H17N3O3S. The molecule has 1 rings (SSSR count). The van der Waals surface area contributed by atoms with Gasteiger partial charge in [-0.25, -0.2) is 0 Å². The van der Waals surface area contributed by atoms with Gasteiger partial charge in [0.15, 0.2) is 0 Å². The van der Waals surface area contributed by atoms with Gasteiger partial charge in [0.2, 0.25) is 5.13 Å². The molecule has 0 aliphatic heterocycles. The van der Waals surface area contributed by atoms with Crippen LogP contribution in [0.2, 0.25) is 0 Å². The summed E-state index contributed by atoms with van der Waals surface area (Å²) in [4.78, 5) is 11.6. The summed E-state index contributed by atoms with van der Waals surface area (Å²) < 4.78 is 10.4. The number of rotatable bonds is 7. The van der Waals surface area contributed by atoms with Crippen LogP contribution in [0.4, 0.5) is 5.13 Å². The molecule has 1 unspecified atom stereocenters. The molecule has 0 saturated carbocycles. The Labute approximate surface area is 104 Å². The van der Waals surface area contributed by atoms with Crippen molar-refractivity contribution in [3.8, 4) is 0 Å². The third-order valence-electron chi connectivity index (χ3n) is 1.93. The van der Waals surface area contributed by atoms with Crippen molar-refractivity contribution in [3.63, 3.8) is 0 Å². The Hall–Kier alpha value is -1.05. The van der Waals surface area contributed by atoms with Crippen LogP contribution >= 0.6 is 11.3 Å². The molecule has 0 saturated heterocycles. The summed E-state index contributed by atoms with van der Waals surface area (Å²) in [5, 5.41) is 11.6. The summed E-state index contributed by atoms with van der Waals surface area (Å²) in [5.41, 5.74) is 0. The zero-order valence-electron chi connectivity index (χ0n) is 10.2. The van der Waals surface area contributed by atoms with Crippen molar-refractivity contribution in [1.29, 1.82) is 0 Å². The van der Waals surface area contributed by atoms with Gasteiger partial charge in [-0.1, -0.05) is 11.3 Å². The number of hydrogen-bond donors (Lipinski definition) is 1. The molecular weight excluding hydrogens is 242 g/mol. The van der Waals surface area contributed by atoms with E-state index in [9.17, 15) is 4.79 Å². The third-order valence-corrected chi connectivity index (χ3v) is 2.68. The maximum atomic E-state index is 11.6. The van der Waals surface area contributed by atoms with E-state index in [1.54, 1.807) is 6.92 Å². The number of ether oxygens (including phenoxy) is 2. The first-order valence-electron chi connectivity index (χ1n) is 5.43. The van der Waals surface area contributed by atoms with E-state index in [0.717, 1.165) is 5.01 Å². The second-order valence-corrected chi connectivity index (χ2v) is 4.51. The van der Waals surface area contributed by atoms with Crippen LogP contribution in [0.25, 0.3) is 0 Å². The molecule has 0 radical (unpaired) electrons. The Bertz CT molecular complexity index is 356. The van der Waals surface area contributed by atoms with Crippen LogP contribution in [0.1, 0.15) is 18.9 Å². The van der Waals surface area contributed by atoms with E-state index in [1.807, 2.05) is 13.8 Å². The van der Waals surface area contributed by atoms with E-state index in [1.165, 1.54) is 11.3 Å². The molecule has 96 valence electrons. The van der Waals surface area contributed by atoms with E-state index in [0.29, 0.717) is 25.0 Å². The molecule has 0 aromatic carbocycles. The quantitative estimate of drug-likeness (QED) is 0.745. The molecule has 1 amide bonds. The topological polar surface area (TPSA) is 73.3 Å². The number of amides is 1. The monoisotopic (exact) mass is 259 g/mol. The minimum atomic E-state index is -0.528. The third kappa shape index (κ3) is 5.20. The van der Waals surface area contributed by atoms with Crippen molar-refractivity contribution in [3.05, 3.63) is 5.01 Å². The van der Waals surface area contributed by atoms with Crippen LogP contribution in [0.15, 0.2) is 0 Å². The number of carbonyl (C=O) groups excluding carboxylic acids is 1. The van der Waals surface area contributed by atoms with Crippen molar-refractivity contribution < 1.29 is 14.3 Å². The van der Waals surface area contributed by atoms with Crippen LogP contribution in [0.5, 0.6) is 0 Å². The molecule has 1 heterocycles. The van der Waals surface area contributed by atoms with Gasteiger partial charge in [0.05, 0.1) is 13.2 Å². The SMILES string of the molecule is CCOCCOC(C)C(=O)Nc1nnc(C)s1. The molecule has 0 fully saturated rings. The van der Waals surface area contributed by atoms with E-state index >= 15 is 0 Å². The van der Waals surface area contributed by atoms with E-state index in [-0.39, 0.29) is 5.91 Å². The lowest BCUT2D eigenvalue weighted by Crippen LogP contribution is -2.28. The van der Waals surface area contributed by atoms with Gasteiger partial charge in [-0.3, -0.25) is 10.1 Å². The molecule has 7 heteroatoms. The summed E-state index contributed by atoms with van der Waals surface area (Å²) >= 11 is 1.33. The van der Waals surface area contributed by atoms with Gasteiger partial charge < -0.3 is 9.47 Å². The van der Waals surface area contributed by atoms with Gasteiger partial charge in [0, 0.05) is 6.61 Å². The molecule has 17 heavy (non-hydrogen) atoms. The number of nitrogens with zero attached hydrogens (tertiary/aromatic N) is 2. The van der Waals surface area contributed by atoms with Crippen LogP contribution in [-0.2, 0) is 14.3 Å². The van der Waals surface area contributed by atoms with E-state index < -0.39 is 6.10 Å². The molecule has 0 bridgehead atoms. The van der Waals surface area contributed by atoms with Crippen LogP contribution < -0.4 is 5.32 Å². The molecule has 0 spiro atoms. The van der Waals surface area contributed by atoms with Gasteiger partial charge in [0.1, 0.15) is 11.1 Å². The molecule has 1 aromatic rings. The number of carbonyl (C=O) groups is 1. The maximum Gasteiger partial charge on any atom is 0.255 e. The summed E-state index contributed by atoms with van der Waals surface area (Å²) in [6.07, 6.45) is -0.528. The highest BCUT2D eigenvalue weighted by Gasteiger charge is 2.14. The molecule has 1 aromatic heterocycles. The smallest absolute Gasteiger partial charge is 0.255 e. The highest BCUT2D eigenvalue weighted by molar-refractivity contribution is 7.15. The first-order valence-corrected chi connectivity index (χ1v) is 6.25. The van der Waals surface area contributed by atoms with Crippen LogP contribution in [-0.4, -0.2) is 42.0 Å². The fraction of sp³-hybridized carbons (Fsp3) is 0.700. The maximum absolute atomic E-state index is 11.6. The first-order chi connectivity index (χ1) is 8.13. The lowest BCUT2D eigenvalue weighted by molar-refractivity contribution is -0.127. The van der Waals surface area contributed by atoms with Crippen molar-refractivity contribution in [2.45, 2.75) is 26.9 Å². The summed E-state index contributed by atoms with van der Waals surface area (Å²) in [5.74, 6) is -0.224. The number of aryl methyl sites for hydroxylation is 1. The highest BCUT2D eigenvalue weighted by atomic mass is 32.1. The van der Waals surface area contributed by atoms with Gasteiger partial charge in [-0.15, -0.1) is 10.2 Å². The van der Waals surface area contributed by atoms with Gasteiger partial charge >= 0.3 is 0 Å². The van der Waals surface area contributed by atoms with E-state index in [2.05, 4.69) is 15.5 Å². The van der Waals surface area contributed by atoms with Crippen molar-refractivity contribution >= 4 is 22.4 Å². The minimum absolute atomic E-state index is 0.224. The van der Waals surface area contributed by atoms with Gasteiger partial charge in [-0.05, 0) is 20.8 Å². The fourth-order valence-electron chi connectivity index (χ4n) is 1.06. The Kier molecular flexibility index (Phi) is 6.03. The fourth-order valence-corrected chi connectivity index (χ4v) is 1.65. The van der Waals surface area contributed by atoms with E-state index in [4.69, 9.17) is 9.47 Å². The number of hydrogen-bond acceptors (Lipinski definition) is 6. The second-order valence-electron chi connectivity index (χ2n) is 3.33.